The molecule has 1 aliphatic heterocycles. The summed E-state index contributed by atoms with van der Waals surface area (Å²) in [6.45, 7) is 6.21. The molecule has 1 aromatic carbocycles. The topological polar surface area (TPSA) is 126 Å². The standard InChI is InChI=1S/C22H26N6O5S2/c1-3-32-15-5-6-16-17(12-15)35-20(24-16)25-18(29)11-14-13-34-19(23-14)26-21(30)27-7-9-28(10-8-27)22(31)33-4-2/h5-6,12-13H,3-4,7-11H2,1-2H3,(H,23,26,30)(H,24,25,29). The molecule has 3 aromatic rings. The van der Waals surface area contributed by atoms with Crippen molar-refractivity contribution in [1.82, 2.24) is 19.8 Å². The average molecular weight is 519 g/mol. The van der Waals surface area contributed by atoms with Gasteiger partial charge in [-0.05, 0) is 32.0 Å². The molecule has 3 heterocycles. The summed E-state index contributed by atoms with van der Waals surface area (Å²) in [4.78, 5) is 48.8. The van der Waals surface area contributed by atoms with Crippen molar-refractivity contribution in [2.45, 2.75) is 20.3 Å². The van der Waals surface area contributed by atoms with Gasteiger partial charge in [0.1, 0.15) is 5.75 Å². The molecule has 13 heteroatoms. The molecule has 4 amide bonds. The Balaban J connectivity index is 1.26. The van der Waals surface area contributed by atoms with E-state index >= 15 is 0 Å². The van der Waals surface area contributed by atoms with Gasteiger partial charge in [0.2, 0.25) is 5.91 Å². The molecule has 1 saturated heterocycles. The number of thiazole rings is 2. The first-order valence-electron chi connectivity index (χ1n) is 11.2. The molecule has 0 spiro atoms. The highest BCUT2D eigenvalue weighted by Gasteiger charge is 2.25. The Labute approximate surface area is 210 Å². The summed E-state index contributed by atoms with van der Waals surface area (Å²) in [6.07, 6.45) is -0.304. The molecule has 4 rings (SSSR count). The van der Waals surface area contributed by atoms with E-state index in [1.807, 2.05) is 25.1 Å². The maximum atomic E-state index is 12.5. The van der Waals surface area contributed by atoms with Gasteiger partial charge in [0.25, 0.3) is 0 Å². The van der Waals surface area contributed by atoms with Gasteiger partial charge in [-0.2, -0.15) is 0 Å². The first-order chi connectivity index (χ1) is 16.9. The molecule has 0 saturated carbocycles. The minimum absolute atomic E-state index is 0.0602. The summed E-state index contributed by atoms with van der Waals surface area (Å²) in [6, 6.07) is 5.32. The fraction of sp³-hybridized carbons (Fsp3) is 0.409. The second kappa shape index (κ2) is 11.3. The van der Waals surface area contributed by atoms with E-state index in [-0.39, 0.29) is 24.5 Å². The van der Waals surface area contributed by atoms with Crippen molar-refractivity contribution < 1.29 is 23.9 Å². The van der Waals surface area contributed by atoms with E-state index in [1.165, 1.54) is 22.7 Å². The summed E-state index contributed by atoms with van der Waals surface area (Å²) >= 11 is 2.63. The van der Waals surface area contributed by atoms with Crippen molar-refractivity contribution in [2.24, 2.45) is 0 Å². The summed E-state index contributed by atoms with van der Waals surface area (Å²) in [7, 11) is 0. The second-order valence-corrected chi connectivity index (χ2v) is 9.44. The fourth-order valence-corrected chi connectivity index (χ4v) is 5.08. The summed E-state index contributed by atoms with van der Waals surface area (Å²) in [5, 5.41) is 8.22. The zero-order chi connectivity index (χ0) is 24.8. The number of amides is 4. The molecule has 1 fully saturated rings. The van der Waals surface area contributed by atoms with Gasteiger partial charge >= 0.3 is 12.1 Å². The third-order valence-corrected chi connectivity index (χ3v) is 6.86. The molecule has 2 aromatic heterocycles. The highest BCUT2D eigenvalue weighted by Crippen LogP contribution is 2.29. The first kappa shape index (κ1) is 24.7. The van der Waals surface area contributed by atoms with Crippen LogP contribution < -0.4 is 15.4 Å². The number of benzene rings is 1. The Morgan fingerprint density at radius 3 is 2.51 bits per heavy atom. The van der Waals surface area contributed by atoms with Crippen LogP contribution in [0.3, 0.4) is 0 Å². The van der Waals surface area contributed by atoms with E-state index in [2.05, 4.69) is 20.6 Å². The van der Waals surface area contributed by atoms with E-state index in [0.717, 1.165) is 16.0 Å². The van der Waals surface area contributed by atoms with Gasteiger partial charge in [0, 0.05) is 31.6 Å². The number of aromatic nitrogens is 2. The van der Waals surface area contributed by atoms with Crippen molar-refractivity contribution in [3.63, 3.8) is 0 Å². The quantitative estimate of drug-likeness (QED) is 0.489. The number of hydrogen-bond donors (Lipinski definition) is 2. The Hall–Kier alpha value is -3.45. The molecule has 35 heavy (non-hydrogen) atoms. The SMILES string of the molecule is CCOC(=O)N1CCN(C(=O)Nc2nc(CC(=O)Nc3nc4ccc(OCC)cc4s3)cs2)CC1. The molecule has 186 valence electrons. The molecule has 2 N–H and O–H groups in total. The number of fused-ring (bicyclic) bond motifs is 1. The fourth-order valence-electron chi connectivity index (χ4n) is 3.47. The zero-order valence-corrected chi connectivity index (χ0v) is 21.0. The van der Waals surface area contributed by atoms with Gasteiger partial charge in [0.15, 0.2) is 10.3 Å². The Morgan fingerprint density at radius 2 is 1.77 bits per heavy atom. The number of carbonyl (C=O) groups is 3. The molecule has 0 bridgehead atoms. The van der Waals surface area contributed by atoms with Crippen LogP contribution in [0.5, 0.6) is 5.75 Å². The van der Waals surface area contributed by atoms with Gasteiger partial charge in [-0.1, -0.05) is 11.3 Å². The lowest BCUT2D eigenvalue weighted by molar-refractivity contribution is -0.115. The van der Waals surface area contributed by atoms with Gasteiger partial charge < -0.3 is 24.6 Å². The van der Waals surface area contributed by atoms with E-state index in [0.29, 0.717) is 55.3 Å². The lowest BCUT2D eigenvalue weighted by Crippen LogP contribution is -2.51. The van der Waals surface area contributed by atoms with Crippen LogP contribution in [0.4, 0.5) is 19.9 Å². The molecule has 0 radical (unpaired) electrons. The summed E-state index contributed by atoms with van der Waals surface area (Å²) < 4.78 is 11.4. The molecule has 11 nitrogen and oxygen atoms in total. The number of hydrogen-bond acceptors (Lipinski definition) is 9. The maximum Gasteiger partial charge on any atom is 0.409 e. The lowest BCUT2D eigenvalue weighted by atomic mass is 10.3. The number of rotatable bonds is 7. The van der Waals surface area contributed by atoms with Gasteiger partial charge in [-0.25, -0.2) is 19.6 Å². The Morgan fingerprint density at radius 1 is 1.00 bits per heavy atom. The summed E-state index contributed by atoms with van der Waals surface area (Å²) in [5.41, 5.74) is 1.34. The van der Waals surface area contributed by atoms with Crippen molar-refractivity contribution >= 4 is 61.2 Å². The zero-order valence-electron chi connectivity index (χ0n) is 19.4. The number of ether oxygens (including phenoxy) is 2. The molecular weight excluding hydrogens is 492 g/mol. The van der Waals surface area contributed by atoms with E-state index < -0.39 is 0 Å². The van der Waals surface area contributed by atoms with Crippen LogP contribution in [0.15, 0.2) is 23.6 Å². The smallest absolute Gasteiger partial charge is 0.409 e. The van der Waals surface area contributed by atoms with E-state index in [1.54, 1.807) is 22.1 Å². The Bertz CT molecular complexity index is 1200. The first-order valence-corrected chi connectivity index (χ1v) is 12.9. The van der Waals surface area contributed by atoms with Gasteiger partial charge in [-0.15, -0.1) is 11.3 Å². The van der Waals surface area contributed by atoms with Crippen LogP contribution in [-0.4, -0.2) is 77.2 Å². The van der Waals surface area contributed by atoms with Gasteiger partial charge in [0.05, 0.1) is 35.5 Å². The van der Waals surface area contributed by atoms with Crippen LogP contribution in [0.2, 0.25) is 0 Å². The second-order valence-electron chi connectivity index (χ2n) is 7.55. The molecule has 1 aliphatic rings. The molecule has 0 unspecified atom stereocenters. The van der Waals surface area contributed by atoms with Crippen LogP contribution in [-0.2, 0) is 16.0 Å². The van der Waals surface area contributed by atoms with Crippen molar-refractivity contribution in [3.05, 3.63) is 29.3 Å². The third kappa shape index (κ3) is 6.36. The number of anilines is 2. The number of urea groups is 1. The summed E-state index contributed by atoms with van der Waals surface area (Å²) in [5.74, 6) is 0.520. The van der Waals surface area contributed by atoms with Crippen molar-refractivity contribution in [3.8, 4) is 5.75 Å². The van der Waals surface area contributed by atoms with E-state index in [4.69, 9.17) is 9.47 Å². The van der Waals surface area contributed by atoms with Crippen molar-refractivity contribution in [1.29, 1.82) is 0 Å². The third-order valence-electron chi connectivity index (χ3n) is 5.12. The number of carbonyl (C=O) groups excluding carboxylic acids is 3. The minimum Gasteiger partial charge on any atom is -0.494 e. The highest BCUT2D eigenvalue weighted by molar-refractivity contribution is 7.22. The predicted octanol–water partition coefficient (Wildman–Crippen LogP) is 3.64. The van der Waals surface area contributed by atoms with Crippen LogP contribution in [0, 0.1) is 0 Å². The maximum absolute atomic E-state index is 12.5. The van der Waals surface area contributed by atoms with Crippen LogP contribution in [0.25, 0.3) is 10.2 Å². The number of nitrogens with zero attached hydrogens (tertiary/aromatic N) is 4. The average Bonchev–Trinajstić information content (AvgIpc) is 3.45. The normalized spacial score (nSPS) is 13.5. The van der Waals surface area contributed by atoms with Gasteiger partial charge in [-0.3, -0.25) is 10.1 Å². The van der Waals surface area contributed by atoms with E-state index in [9.17, 15) is 14.4 Å². The lowest BCUT2D eigenvalue weighted by Gasteiger charge is -2.33. The predicted molar refractivity (Wildman–Crippen MR) is 134 cm³/mol. The monoisotopic (exact) mass is 518 g/mol. The van der Waals surface area contributed by atoms with Crippen LogP contribution >= 0.6 is 22.7 Å². The molecule has 0 atom stereocenters. The number of nitrogens with one attached hydrogen (secondary N) is 2. The highest BCUT2D eigenvalue weighted by atomic mass is 32.1. The van der Waals surface area contributed by atoms with Crippen molar-refractivity contribution in [2.75, 3.05) is 50.0 Å². The minimum atomic E-state index is -0.364. The Kier molecular flexibility index (Phi) is 7.98. The number of piperazine rings is 1. The molecular formula is C22H26N6O5S2. The largest absolute Gasteiger partial charge is 0.494 e. The molecule has 0 aliphatic carbocycles. The van der Waals surface area contributed by atoms with Crippen LogP contribution in [0.1, 0.15) is 19.5 Å².